The van der Waals surface area contributed by atoms with Crippen molar-refractivity contribution < 1.29 is 19.1 Å². The van der Waals surface area contributed by atoms with Crippen LogP contribution in [-0.4, -0.2) is 61.5 Å². The topological polar surface area (TPSA) is 87.7 Å². The van der Waals surface area contributed by atoms with Gasteiger partial charge in [-0.15, -0.1) is 6.58 Å². The quantitative estimate of drug-likeness (QED) is 0.148. The predicted octanol–water partition coefficient (Wildman–Crippen LogP) is 5.20. The van der Waals surface area contributed by atoms with Crippen LogP contribution in [0.3, 0.4) is 0 Å². The number of hydrogen-bond acceptors (Lipinski definition) is 5. The highest BCUT2D eigenvalue weighted by atomic mass is 16.5. The first-order valence-electron chi connectivity index (χ1n) is 13.7. The number of esters is 1. The van der Waals surface area contributed by atoms with Crippen molar-refractivity contribution in [2.24, 2.45) is 17.3 Å². The van der Waals surface area contributed by atoms with E-state index >= 15 is 0 Å². The summed E-state index contributed by atoms with van der Waals surface area (Å²) in [6, 6.07) is -1.26. The second-order valence-electron chi connectivity index (χ2n) is 11.1. The van der Waals surface area contributed by atoms with Crippen molar-refractivity contribution in [1.82, 2.24) is 15.5 Å². The Labute approximate surface area is 231 Å². The van der Waals surface area contributed by atoms with Crippen LogP contribution >= 0.6 is 0 Å². The standard InChI is InChI=1S/C23H41N3O4.C8H12/c1-10-30-22(29)15(4)13-17(14(2)3)26(9)21(28)19(23(5,6)7)25-20(27)18(24-8)16-11-12-16;1-3-5-7-8-6-4-2/h13-14,16-19,24H,10-12H2,1-9H3,(H,25,27);3-4,6-8H,1,5H2,2H3/b15-13+;6-4-,8-7?. The Balaban J connectivity index is 0.00000147. The first kappa shape index (κ1) is 35.3. The van der Waals surface area contributed by atoms with Crippen LogP contribution < -0.4 is 10.6 Å². The fourth-order valence-electron chi connectivity index (χ4n) is 3.93. The Morgan fingerprint density at radius 3 is 2.18 bits per heavy atom. The van der Waals surface area contributed by atoms with Crippen LogP contribution in [0, 0.1) is 17.3 Å². The molecule has 0 spiro atoms. The molecule has 2 amide bonds. The van der Waals surface area contributed by atoms with Gasteiger partial charge in [-0.1, -0.05) is 71.1 Å². The molecule has 7 nitrogen and oxygen atoms in total. The van der Waals surface area contributed by atoms with Gasteiger partial charge in [0, 0.05) is 12.6 Å². The van der Waals surface area contributed by atoms with E-state index < -0.39 is 11.5 Å². The average molecular weight is 532 g/mol. The molecule has 3 atom stereocenters. The highest BCUT2D eigenvalue weighted by Crippen LogP contribution is 2.33. The Kier molecular flexibility index (Phi) is 16.5. The Morgan fingerprint density at radius 2 is 1.76 bits per heavy atom. The lowest BCUT2D eigenvalue weighted by atomic mass is 9.84. The monoisotopic (exact) mass is 531 g/mol. The molecule has 3 unspecified atom stereocenters. The summed E-state index contributed by atoms with van der Waals surface area (Å²) < 4.78 is 5.07. The molecular weight excluding hydrogens is 478 g/mol. The van der Waals surface area contributed by atoms with E-state index in [1.807, 2.05) is 65.8 Å². The molecule has 7 heteroatoms. The van der Waals surface area contributed by atoms with E-state index in [1.54, 1.807) is 38.9 Å². The lowest BCUT2D eigenvalue weighted by Crippen LogP contribution is -2.59. The summed E-state index contributed by atoms with van der Waals surface area (Å²) in [4.78, 5) is 40.0. The molecule has 38 heavy (non-hydrogen) atoms. The van der Waals surface area contributed by atoms with Gasteiger partial charge in [0.1, 0.15) is 6.04 Å². The zero-order valence-corrected chi connectivity index (χ0v) is 25.5. The zero-order chi connectivity index (χ0) is 29.5. The SMILES string of the molecule is C=CCC=C/C=C\C.CCOC(=O)/C(C)=C/C(C(C)C)N(C)C(=O)C(NC(=O)C(NC)C1CC1)C(C)(C)C. The minimum atomic E-state index is -0.679. The predicted molar refractivity (Wildman–Crippen MR) is 158 cm³/mol. The molecule has 0 bridgehead atoms. The van der Waals surface area contributed by atoms with Crippen molar-refractivity contribution in [2.75, 3.05) is 20.7 Å². The number of ether oxygens (including phenoxy) is 1. The van der Waals surface area contributed by atoms with Crippen LogP contribution in [0.25, 0.3) is 0 Å². The molecule has 0 aromatic heterocycles. The van der Waals surface area contributed by atoms with Crippen LogP contribution in [0.5, 0.6) is 0 Å². The Hall–Kier alpha value is -2.67. The lowest BCUT2D eigenvalue weighted by molar-refractivity contribution is -0.141. The highest BCUT2D eigenvalue weighted by Gasteiger charge is 2.41. The van der Waals surface area contributed by atoms with Gasteiger partial charge < -0.3 is 20.3 Å². The van der Waals surface area contributed by atoms with E-state index in [1.165, 1.54) is 0 Å². The number of carbonyl (C=O) groups is 3. The van der Waals surface area contributed by atoms with E-state index in [-0.39, 0.29) is 35.8 Å². The van der Waals surface area contributed by atoms with Crippen molar-refractivity contribution in [1.29, 1.82) is 0 Å². The summed E-state index contributed by atoms with van der Waals surface area (Å²) in [6.45, 7) is 19.2. The molecule has 1 rings (SSSR count). The van der Waals surface area contributed by atoms with Gasteiger partial charge in [-0.05, 0) is 64.3 Å². The van der Waals surface area contributed by atoms with E-state index in [0.29, 0.717) is 18.1 Å². The third kappa shape index (κ3) is 12.7. The number of hydrogen-bond donors (Lipinski definition) is 2. The number of allylic oxidation sites excluding steroid dienone is 5. The number of likely N-dealkylation sites (N-methyl/N-ethyl adjacent to an activating group) is 2. The fourth-order valence-corrected chi connectivity index (χ4v) is 3.93. The van der Waals surface area contributed by atoms with Crippen molar-refractivity contribution >= 4 is 17.8 Å². The Morgan fingerprint density at radius 1 is 1.16 bits per heavy atom. The van der Waals surface area contributed by atoms with Gasteiger partial charge >= 0.3 is 5.97 Å². The molecule has 0 aromatic rings. The summed E-state index contributed by atoms with van der Waals surface area (Å²) in [5.74, 6) is -0.279. The zero-order valence-electron chi connectivity index (χ0n) is 25.5. The van der Waals surface area contributed by atoms with Crippen LogP contribution in [0.4, 0.5) is 0 Å². The smallest absolute Gasteiger partial charge is 0.333 e. The van der Waals surface area contributed by atoms with Gasteiger partial charge in [-0.25, -0.2) is 4.79 Å². The van der Waals surface area contributed by atoms with Crippen LogP contribution in [0.15, 0.2) is 48.6 Å². The molecule has 0 aromatic carbocycles. The summed E-state index contributed by atoms with van der Waals surface area (Å²) in [7, 11) is 3.50. The lowest BCUT2D eigenvalue weighted by Gasteiger charge is -2.38. The Bertz CT molecular complexity index is 848. The summed E-state index contributed by atoms with van der Waals surface area (Å²) in [5, 5.41) is 6.08. The molecule has 1 fully saturated rings. The molecule has 0 heterocycles. The number of amides is 2. The number of nitrogens with zero attached hydrogens (tertiary/aromatic N) is 1. The maximum atomic E-state index is 13.5. The molecule has 1 aliphatic rings. The van der Waals surface area contributed by atoms with Crippen LogP contribution in [-0.2, 0) is 19.1 Å². The third-order valence-corrected chi connectivity index (χ3v) is 6.32. The minimum absolute atomic E-state index is 0.0798. The second-order valence-corrected chi connectivity index (χ2v) is 11.1. The van der Waals surface area contributed by atoms with Gasteiger partial charge in [0.25, 0.3) is 0 Å². The molecule has 2 N–H and O–H groups in total. The van der Waals surface area contributed by atoms with Gasteiger partial charge in [0.2, 0.25) is 11.8 Å². The van der Waals surface area contributed by atoms with Gasteiger partial charge in [-0.3, -0.25) is 9.59 Å². The maximum Gasteiger partial charge on any atom is 0.333 e. The summed E-state index contributed by atoms with van der Waals surface area (Å²) >= 11 is 0. The second kappa shape index (κ2) is 17.8. The molecule has 0 radical (unpaired) electrons. The van der Waals surface area contributed by atoms with Crippen LogP contribution in [0.1, 0.15) is 74.7 Å². The highest BCUT2D eigenvalue weighted by molar-refractivity contribution is 5.91. The number of carbonyl (C=O) groups excluding carboxylic acids is 3. The van der Waals surface area contributed by atoms with Crippen molar-refractivity contribution in [3.8, 4) is 0 Å². The van der Waals surface area contributed by atoms with Gasteiger partial charge in [0.05, 0.1) is 18.7 Å². The van der Waals surface area contributed by atoms with Crippen molar-refractivity contribution in [2.45, 2.75) is 92.8 Å². The molecule has 0 aliphatic heterocycles. The largest absolute Gasteiger partial charge is 0.463 e. The molecule has 0 saturated heterocycles. The first-order valence-corrected chi connectivity index (χ1v) is 13.7. The van der Waals surface area contributed by atoms with E-state index in [0.717, 1.165) is 19.3 Å². The minimum Gasteiger partial charge on any atom is -0.463 e. The normalized spacial score (nSPS) is 16.4. The van der Waals surface area contributed by atoms with Crippen molar-refractivity contribution in [3.63, 3.8) is 0 Å². The molecule has 216 valence electrons. The average Bonchev–Trinajstić information content (AvgIpc) is 3.68. The first-order chi connectivity index (χ1) is 17.8. The van der Waals surface area contributed by atoms with Gasteiger partial charge in [0.15, 0.2) is 0 Å². The molecule has 1 saturated carbocycles. The van der Waals surface area contributed by atoms with Crippen molar-refractivity contribution in [3.05, 3.63) is 48.6 Å². The molecular formula is C31H53N3O4. The van der Waals surface area contributed by atoms with E-state index in [4.69, 9.17) is 4.74 Å². The summed E-state index contributed by atoms with van der Waals surface area (Å²) in [5.41, 5.74) is 0.0000976. The summed E-state index contributed by atoms with van der Waals surface area (Å²) in [6.07, 6.45) is 14.8. The van der Waals surface area contributed by atoms with Gasteiger partial charge in [-0.2, -0.15) is 0 Å². The maximum absolute atomic E-state index is 13.5. The third-order valence-electron chi connectivity index (χ3n) is 6.32. The van der Waals surface area contributed by atoms with E-state index in [2.05, 4.69) is 23.3 Å². The van der Waals surface area contributed by atoms with E-state index in [9.17, 15) is 14.4 Å². The number of nitrogens with one attached hydrogen (secondary N) is 2. The number of rotatable bonds is 13. The van der Waals surface area contributed by atoms with Crippen LogP contribution in [0.2, 0.25) is 0 Å². The molecule has 1 aliphatic carbocycles. The fraction of sp³-hybridized carbons (Fsp3) is 0.645.